The van der Waals surface area contributed by atoms with Crippen molar-refractivity contribution >= 4 is 23.5 Å². The van der Waals surface area contributed by atoms with E-state index in [9.17, 15) is 0 Å². The van der Waals surface area contributed by atoms with E-state index in [1.165, 1.54) is 0 Å². The summed E-state index contributed by atoms with van der Waals surface area (Å²) in [5.41, 5.74) is 5.51. The first-order valence-electron chi connectivity index (χ1n) is 6.86. The Hall–Kier alpha value is -2.28. The molecule has 0 saturated heterocycles. The molecule has 0 saturated carbocycles. The lowest BCUT2D eigenvalue weighted by atomic mass is 10.3. The number of aromatic nitrogens is 3. The van der Waals surface area contributed by atoms with Gasteiger partial charge >= 0.3 is 0 Å². The molecular formula is C14H18ClN5O2. The third kappa shape index (κ3) is 4.92. The van der Waals surface area contributed by atoms with Crippen molar-refractivity contribution in [2.45, 2.75) is 19.9 Å². The molecule has 1 atom stereocenters. The van der Waals surface area contributed by atoms with Gasteiger partial charge in [-0.05, 0) is 49.7 Å². The number of nitrogen functional groups attached to an aromatic ring is 1. The summed E-state index contributed by atoms with van der Waals surface area (Å²) in [4.78, 5) is 11.6. The van der Waals surface area contributed by atoms with Gasteiger partial charge in [0.15, 0.2) is 0 Å². The normalized spacial score (nSPS) is 11.8. The maximum Gasteiger partial charge on any atom is 0.229 e. The lowest BCUT2D eigenvalue weighted by molar-refractivity contribution is 0.301. The van der Waals surface area contributed by atoms with E-state index >= 15 is 0 Å². The van der Waals surface area contributed by atoms with Crippen LogP contribution in [0.3, 0.4) is 0 Å². The molecule has 1 heterocycles. The molecule has 0 aliphatic rings. The standard InChI is InChI=1S/C14H18ClN5O2/c1-3-21-10-4-6-11(7-5-10)22-8-9(2)17-14-19-12(15)18-13(16)20-14/h4-7,9H,3,8H2,1-2H3,(H3,16,17,18,19,20). The second-order valence-corrected chi connectivity index (χ2v) is 4.89. The van der Waals surface area contributed by atoms with E-state index in [-0.39, 0.29) is 17.3 Å². The molecule has 118 valence electrons. The monoisotopic (exact) mass is 323 g/mol. The second kappa shape index (κ2) is 7.65. The van der Waals surface area contributed by atoms with Crippen LogP contribution in [-0.2, 0) is 0 Å². The Morgan fingerprint density at radius 2 is 1.77 bits per heavy atom. The van der Waals surface area contributed by atoms with Gasteiger partial charge in [-0.25, -0.2) is 0 Å². The summed E-state index contributed by atoms with van der Waals surface area (Å²) in [7, 11) is 0. The Labute approximate surface area is 133 Å². The van der Waals surface area contributed by atoms with E-state index in [0.29, 0.717) is 19.2 Å². The van der Waals surface area contributed by atoms with E-state index in [1.54, 1.807) is 0 Å². The zero-order valence-corrected chi connectivity index (χ0v) is 13.2. The van der Waals surface area contributed by atoms with Crippen molar-refractivity contribution in [3.63, 3.8) is 0 Å². The van der Waals surface area contributed by atoms with Crippen molar-refractivity contribution in [3.8, 4) is 11.5 Å². The number of nitrogens with one attached hydrogen (secondary N) is 1. The fourth-order valence-corrected chi connectivity index (χ4v) is 1.88. The molecule has 0 fully saturated rings. The summed E-state index contributed by atoms with van der Waals surface area (Å²) in [5, 5.41) is 3.10. The highest BCUT2D eigenvalue weighted by molar-refractivity contribution is 6.28. The Balaban J connectivity index is 1.85. The molecule has 0 radical (unpaired) electrons. The van der Waals surface area contributed by atoms with Crippen molar-refractivity contribution in [3.05, 3.63) is 29.5 Å². The maximum absolute atomic E-state index is 5.72. The fourth-order valence-electron chi connectivity index (χ4n) is 1.71. The minimum atomic E-state index is -0.0376. The molecule has 0 spiro atoms. The van der Waals surface area contributed by atoms with Crippen molar-refractivity contribution < 1.29 is 9.47 Å². The number of anilines is 2. The molecule has 2 rings (SSSR count). The number of ether oxygens (including phenoxy) is 2. The largest absolute Gasteiger partial charge is 0.494 e. The Morgan fingerprint density at radius 1 is 1.14 bits per heavy atom. The summed E-state index contributed by atoms with van der Waals surface area (Å²) in [6.45, 7) is 4.94. The second-order valence-electron chi connectivity index (χ2n) is 4.55. The Bertz CT molecular complexity index is 588. The molecule has 0 amide bonds. The number of nitrogens with zero attached hydrogens (tertiary/aromatic N) is 3. The van der Waals surface area contributed by atoms with E-state index in [4.69, 9.17) is 26.8 Å². The predicted octanol–water partition coefficient (Wildman–Crippen LogP) is 2.39. The van der Waals surface area contributed by atoms with Crippen LogP contribution < -0.4 is 20.5 Å². The number of hydrogen-bond acceptors (Lipinski definition) is 7. The molecule has 0 aliphatic heterocycles. The van der Waals surface area contributed by atoms with Crippen molar-refractivity contribution in [2.75, 3.05) is 24.3 Å². The summed E-state index contributed by atoms with van der Waals surface area (Å²) >= 11 is 5.72. The summed E-state index contributed by atoms with van der Waals surface area (Å²) < 4.78 is 11.1. The highest BCUT2D eigenvalue weighted by atomic mass is 35.5. The lowest BCUT2D eigenvalue weighted by Crippen LogP contribution is -2.25. The van der Waals surface area contributed by atoms with Crippen LogP contribution in [0.2, 0.25) is 5.28 Å². The van der Waals surface area contributed by atoms with Gasteiger partial charge in [0.25, 0.3) is 0 Å². The van der Waals surface area contributed by atoms with Crippen molar-refractivity contribution in [2.24, 2.45) is 0 Å². The first-order valence-corrected chi connectivity index (χ1v) is 7.24. The molecule has 0 bridgehead atoms. The maximum atomic E-state index is 5.72. The molecule has 0 aliphatic carbocycles. The van der Waals surface area contributed by atoms with E-state index in [1.807, 2.05) is 38.1 Å². The van der Waals surface area contributed by atoms with E-state index in [0.717, 1.165) is 11.5 Å². The van der Waals surface area contributed by atoms with Gasteiger partial charge in [0.05, 0.1) is 12.6 Å². The SMILES string of the molecule is CCOc1ccc(OCC(C)Nc2nc(N)nc(Cl)n2)cc1. The third-order valence-corrected chi connectivity index (χ3v) is 2.80. The van der Waals surface area contributed by atoms with E-state index in [2.05, 4.69) is 20.3 Å². The van der Waals surface area contributed by atoms with Crippen molar-refractivity contribution in [1.82, 2.24) is 15.0 Å². The first-order chi connectivity index (χ1) is 10.6. The zero-order valence-electron chi connectivity index (χ0n) is 12.4. The molecule has 3 N–H and O–H groups in total. The summed E-state index contributed by atoms with van der Waals surface area (Å²) in [6.07, 6.45) is 0. The smallest absolute Gasteiger partial charge is 0.229 e. The number of hydrogen-bond donors (Lipinski definition) is 2. The number of benzene rings is 1. The predicted molar refractivity (Wildman–Crippen MR) is 85.4 cm³/mol. The van der Waals surface area contributed by atoms with Gasteiger partial charge in [-0.2, -0.15) is 15.0 Å². The molecule has 2 aromatic rings. The van der Waals surface area contributed by atoms with Gasteiger partial charge < -0.3 is 20.5 Å². The number of halogens is 1. The van der Waals surface area contributed by atoms with Gasteiger partial charge in [0, 0.05) is 0 Å². The molecule has 1 aromatic heterocycles. The van der Waals surface area contributed by atoms with Crippen LogP contribution in [0.25, 0.3) is 0 Å². The molecule has 1 aromatic carbocycles. The third-order valence-electron chi connectivity index (χ3n) is 2.64. The molecule has 8 heteroatoms. The molecule has 1 unspecified atom stereocenters. The Morgan fingerprint density at radius 3 is 2.36 bits per heavy atom. The first kappa shape index (κ1) is 16.1. The van der Waals surface area contributed by atoms with Gasteiger partial charge in [-0.1, -0.05) is 0 Å². The van der Waals surface area contributed by atoms with E-state index < -0.39 is 0 Å². The fraction of sp³-hybridized carbons (Fsp3) is 0.357. The number of nitrogens with two attached hydrogens (primary N) is 1. The minimum absolute atomic E-state index is 0.0376. The van der Waals surface area contributed by atoms with Crippen molar-refractivity contribution in [1.29, 1.82) is 0 Å². The highest BCUT2D eigenvalue weighted by Gasteiger charge is 2.08. The van der Waals surface area contributed by atoms with Gasteiger partial charge in [-0.3, -0.25) is 0 Å². The van der Waals surface area contributed by atoms with Gasteiger partial charge in [-0.15, -0.1) is 0 Å². The molecular weight excluding hydrogens is 306 g/mol. The van der Waals surface area contributed by atoms with Crippen LogP contribution in [-0.4, -0.2) is 34.2 Å². The summed E-state index contributed by atoms with van der Waals surface area (Å²) in [5.74, 6) is 1.96. The molecule has 22 heavy (non-hydrogen) atoms. The number of rotatable bonds is 7. The highest BCUT2D eigenvalue weighted by Crippen LogP contribution is 2.18. The van der Waals surface area contributed by atoms with Crippen LogP contribution in [0.5, 0.6) is 11.5 Å². The van der Waals surface area contributed by atoms with Crippen LogP contribution in [0.1, 0.15) is 13.8 Å². The quantitative estimate of drug-likeness (QED) is 0.807. The van der Waals surface area contributed by atoms with Crippen LogP contribution in [0.15, 0.2) is 24.3 Å². The lowest BCUT2D eigenvalue weighted by Gasteiger charge is -2.15. The van der Waals surface area contributed by atoms with Crippen LogP contribution in [0, 0.1) is 0 Å². The molecule has 7 nitrogen and oxygen atoms in total. The Kier molecular flexibility index (Phi) is 5.60. The van der Waals surface area contributed by atoms with Gasteiger partial charge in [0.2, 0.25) is 17.2 Å². The topological polar surface area (TPSA) is 95.2 Å². The van der Waals surface area contributed by atoms with Gasteiger partial charge in [0.1, 0.15) is 18.1 Å². The van der Waals surface area contributed by atoms with Crippen LogP contribution in [0.4, 0.5) is 11.9 Å². The average Bonchev–Trinajstić information content (AvgIpc) is 2.46. The zero-order chi connectivity index (χ0) is 15.9. The minimum Gasteiger partial charge on any atom is -0.494 e. The van der Waals surface area contributed by atoms with Crippen LogP contribution >= 0.6 is 11.6 Å². The average molecular weight is 324 g/mol. The summed E-state index contributed by atoms with van der Waals surface area (Å²) in [6, 6.07) is 7.40.